The van der Waals surface area contributed by atoms with Crippen LogP contribution >= 0.6 is 35.0 Å². The first-order valence-electron chi connectivity index (χ1n) is 9.15. The minimum atomic E-state index is -0.587. The summed E-state index contributed by atoms with van der Waals surface area (Å²) in [6, 6.07) is 14.3. The van der Waals surface area contributed by atoms with Gasteiger partial charge in [0.2, 0.25) is 11.8 Å². The highest BCUT2D eigenvalue weighted by Gasteiger charge is 2.29. The number of nitrogens with one attached hydrogen (secondary N) is 1. The molecule has 0 heterocycles. The third-order valence-electron chi connectivity index (χ3n) is 4.23. The van der Waals surface area contributed by atoms with Gasteiger partial charge in [-0.3, -0.25) is 9.59 Å². The summed E-state index contributed by atoms with van der Waals surface area (Å²) in [5.74, 6) is -0.0867. The molecule has 0 aliphatic heterocycles. The standard InChI is InChI=1S/C21H24Cl2N2O2S/c1-3-19(21(27)24-4-2)25(13-16-17(22)11-8-12-18(16)23)20(26)14-28-15-9-6-5-7-10-15/h5-12,19H,3-4,13-14H2,1-2H3,(H,24,27)/t19-/m0/s1. The number of hydrogen-bond acceptors (Lipinski definition) is 3. The molecule has 1 N–H and O–H groups in total. The molecule has 0 aromatic heterocycles. The van der Waals surface area contributed by atoms with E-state index in [4.69, 9.17) is 23.2 Å². The van der Waals surface area contributed by atoms with Crippen molar-refractivity contribution in [3.8, 4) is 0 Å². The molecule has 0 saturated carbocycles. The lowest BCUT2D eigenvalue weighted by Crippen LogP contribution is -2.49. The summed E-state index contributed by atoms with van der Waals surface area (Å²) in [6.45, 7) is 4.43. The molecule has 0 radical (unpaired) electrons. The van der Waals surface area contributed by atoms with Gasteiger partial charge in [-0.2, -0.15) is 0 Å². The average Bonchev–Trinajstić information content (AvgIpc) is 2.69. The molecule has 0 bridgehead atoms. The average molecular weight is 439 g/mol. The predicted molar refractivity (Wildman–Crippen MR) is 117 cm³/mol. The van der Waals surface area contributed by atoms with Crippen LogP contribution in [-0.4, -0.2) is 35.1 Å². The van der Waals surface area contributed by atoms with Gasteiger partial charge in [-0.15, -0.1) is 11.8 Å². The minimum absolute atomic E-state index is 0.136. The third kappa shape index (κ3) is 6.16. The second-order valence-corrected chi connectivity index (χ2v) is 8.01. The van der Waals surface area contributed by atoms with Gasteiger partial charge in [-0.25, -0.2) is 0 Å². The van der Waals surface area contributed by atoms with Gasteiger partial charge in [0, 0.05) is 33.6 Å². The maximum atomic E-state index is 13.1. The maximum Gasteiger partial charge on any atom is 0.242 e. The van der Waals surface area contributed by atoms with E-state index >= 15 is 0 Å². The van der Waals surface area contributed by atoms with Crippen LogP contribution in [0.4, 0.5) is 0 Å². The minimum Gasteiger partial charge on any atom is -0.355 e. The Balaban J connectivity index is 2.26. The van der Waals surface area contributed by atoms with Crippen molar-refractivity contribution in [2.75, 3.05) is 12.3 Å². The number of amides is 2. The van der Waals surface area contributed by atoms with Gasteiger partial charge in [-0.05, 0) is 37.6 Å². The lowest BCUT2D eigenvalue weighted by molar-refractivity contribution is -0.139. The lowest BCUT2D eigenvalue weighted by Gasteiger charge is -2.31. The van der Waals surface area contributed by atoms with Crippen LogP contribution in [0.1, 0.15) is 25.8 Å². The third-order valence-corrected chi connectivity index (χ3v) is 5.94. The Kier molecular flexibility index (Phi) is 9.16. The van der Waals surface area contributed by atoms with Gasteiger partial charge in [0.15, 0.2) is 0 Å². The van der Waals surface area contributed by atoms with Crippen molar-refractivity contribution in [3.05, 3.63) is 64.1 Å². The van der Waals surface area contributed by atoms with E-state index in [9.17, 15) is 9.59 Å². The molecule has 0 aliphatic rings. The summed E-state index contributed by atoms with van der Waals surface area (Å²) < 4.78 is 0. The Morgan fingerprint density at radius 3 is 2.25 bits per heavy atom. The molecule has 0 saturated heterocycles. The first kappa shape index (κ1) is 22.6. The van der Waals surface area contributed by atoms with Gasteiger partial charge in [0.25, 0.3) is 0 Å². The predicted octanol–water partition coefficient (Wildman–Crippen LogP) is 5.03. The van der Waals surface area contributed by atoms with Crippen LogP contribution in [0.5, 0.6) is 0 Å². The Hall–Kier alpha value is -1.69. The highest BCUT2D eigenvalue weighted by molar-refractivity contribution is 8.00. The number of rotatable bonds is 9. The molecule has 0 aliphatic carbocycles. The van der Waals surface area contributed by atoms with Crippen LogP contribution < -0.4 is 5.32 Å². The number of hydrogen-bond donors (Lipinski definition) is 1. The molecule has 0 unspecified atom stereocenters. The number of carbonyl (C=O) groups is 2. The molecule has 150 valence electrons. The fourth-order valence-electron chi connectivity index (χ4n) is 2.81. The van der Waals surface area contributed by atoms with E-state index in [0.717, 1.165) is 4.90 Å². The molecular formula is C21H24Cl2N2O2S. The molecule has 4 nitrogen and oxygen atoms in total. The zero-order chi connectivity index (χ0) is 20.5. The van der Waals surface area contributed by atoms with E-state index in [1.165, 1.54) is 11.8 Å². The van der Waals surface area contributed by atoms with Crippen molar-refractivity contribution in [2.45, 2.75) is 37.8 Å². The first-order valence-corrected chi connectivity index (χ1v) is 10.9. The van der Waals surface area contributed by atoms with E-state index < -0.39 is 6.04 Å². The second-order valence-electron chi connectivity index (χ2n) is 6.14. The molecule has 0 fully saturated rings. The zero-order valence-corrected chi connectivity index (χ0v) is 18.3. The number of likely N-dealkylation sites (N-methyl/N-ethyl adjacent to an activating group) is 1. The zero-order valence-electron chi connectivity index (χ0n) is 16.0. The van der Waals surface area contributed by atoms with Crippen LogP contribution in [0.25, 0.3) is 0 Å². The molecule has 0 spiro atoms. The molecule has 2 aromatic carbocycles. The topological polar surface area (TPSA) is 49.4 Å². The largest absolute Gasteiger partial charge is 0.355 e. The maximum absolute atomic E-state index is 13.1. The Morgan fingerprint density at radius 2 is 1.68 bits per heavy atom. The van der Waals surface area contributed by atoms with Crippen LogP contribution in [0.2, 0.25) is 10.0 Å². The van der Waals surface area contributed by atoms with E-state index in [2.05, 4.69) is 5.32 Å². The molecular weight excluding hydrogens is 415 g/mol. The highest BCUT2D eigenvalue weighted by atomic mass is 35.5. The summed E-state index contributed by atoms with van der Waals surface area (Å²) in [7, 11) is 0. The van der Waals surface area contributed by atoms with Crippen LogP contribution in [0.3, 0.4) is 0 Å². The van der Waals surface area contributed by atoms with Crippen LogP contribution in [0.15, 0.2) is 53.4 Å². The van der Waals surface area contributed by atoms with Crippen molar-refractivity contribution >= 4 is 46.8 Å². The van der Waals surface area contributed by atoms with Crippen molar-refractivity contribution < 1.29 is 9.59 Å². The van der Waals surface area contributed by atoms with E-state index in [-0.39, 0.29) is 24.1 Å². The summed E-state index contributed by atoms with van der Waals surface area (Å²) >= 11 is 14.1. The summed E-state index contributed by atoms with van der Waals surface area (Å²) in [5.41, 5.74) is 0.645. The molecule has 2 aromatic rings. The number of halogens is 2. The van der Waals surface area contributed by atoms with E-state index in [1.54, 1.807) is 23.1 Å². The number of thioether (sulfide) groups is 1. The quantitative estimate of drug-likeness (QED) is 0.558. The van der Waals surface area contributed by atoms with Crippen molar-refractivity contribution in [2.24, 2.45) is 0 Å². The molecule has 1 atom stereocenters. The van der Waals surface area contributed by atoms with Gasteiger partial charge < -0.3 is 10.2 Å². The fourth-order valence-corrected chi connectivity index (χ4v) is 4.13. The highest BCUT2D eigenvalue weighted by Crippen LogP contribution is 2.28. The Labute approximate surface area is 180 Å². The Morgan fingerprint density at radius 1 is 1.04 bits per heavy atom. The van der Waals surface area contributed by atoms with E-state index in [1.807, 2.05) is 44.2 Å². The molecule has 2 rings (SSSR count). The number of nitrogens with zero attached hydrogens (tertiary/aromatic N) is 1. The lowest BCUT2D eigenvalue weighted by atomic mass is 10.1. The molecule has 28 heavy (non-hydrogen) atoms. The number of carbonyl (C=O) groups excluding carboxylic acids is 2. The normalized spacial score (nSPS) is 11.7. The molecule has 7 heteroatoms. The van der Waals surface area contributed by atoms with Gasteiger partial charge in [0.05, 0.1) is 5.75 Å². The van der Waals surface area contributed by atoms with Crippen molar-refractivity contribution in [3.63, 3.8) is 0 Å². The second kappa shape index (κ2) is 11.3. The smallest absolute Gasteiger partial charge is 0.242 e. The van der Waals surface area contributed by atoms with Crippen LogP contribution in [-0.2, 0) is 16.1 Å². The number of benzene rings is 2. The van der Waals surface area contributed by atoms with Crippen molar-refractivity contribution in [1.29, 1.82) is 0 Å². The van der Waals surface area contributed by atoms with Crippen molar-refractivity contribution in [1.82, 2.24) is 10.2 Å². The van der Waals surface area contributed by atoms with Gasteiger partial charge in [0.1, 0.15) is 6.04 Å². The van der Waals surface area contributed by atoms with Gasteiger partial charge >= 0.3 is 0 Å². The monoisotopic (exact) mass is 438 g/mol. The molecule has 2 amide bonds. The fraction of sp³-hybridized carbons (Fsp3) is 0.333. The summed E-state index contributed by atoms with van der Waals surface area (Å²) in [5, 5.41) is 3.77. The first-order chi connectivity index (χ1) is 13.5. The van der Waals surface area contributed by atoms with Gasteiger partial charge in [-0.1, -0.05) is 54.4 Å². The SMILES string of the molecule is CCNC(=O)[C@H](CC)N(Cc1c(Cl)cccc1Cl)C(=O)CSc1ccccc1. The van der Waals surface area contributed by atoms with Crippen LogP contribution in [0, 0.1) is 0 Å². The summed E-state index contributed by atoms with van der Waals surface area (Å²) in [4.78, 5) is 28.2. The Bertz CT molecular complexity index is 782. The van der Waals surface area contributed by atoms with E-state index in [0.29, 0.717) is 28.6 Å². The summed E-state index contributed by atoms with van der Waals surface area (Å²) in [6.07, 6.45) is 0.496.